The second kappa shape index (κ2) is 4.67. The number of benzene rings is 1. The zero-order chi connectivity index (χ0) is 10.7. The number of aliphatic hydroxyl groups excluding tert-OH is 1. The monoisotopic (exact) mass is 206 g/mol. The second-order valence-corrected chi connectivity index (χ2v) is 4.23. The molecule has 1 unspecified atom stereocenters. The van der Waals surface area contributed by atoms with Gasteiger partial charge in [-0.25, -0.2) is 0 Å². The molecule has 2 heteroatoms. The standard InChI is InChI=1S/C13H18O2/c1-15-12-9-5-4-8-11(12)13(14)10-6-2-3-7-10/h4-5,8-10,13-14H,2-3,6-7H2,1H3. The molecule has 1 atom stereocenters. The van der Waals surface area contributed by atoms with E-state index in [9.17, 15) is 5.11 Å². The lowest BCUT2D eigenvalue weighted by atomic mass is 9.94. The van der Waals surface area contributed by atoms with Crippen LogP contribution in [0.5, 0.6) is 5.75 Å². The Labute approximate surface area is 90.9 Å². The van der Waals surface area contributed by atoms with E-state index >= 15 is 0 Å². The third kappa shape index (κ3) is 2.15. The van der Waals surface area contributed by atoms with E-state index in [4.69, 9.17) is 4.74 Å². The van der Waals surface area contributed by atoms with Gasteiger partial charge in [0.1, 0.15) is 5.75 Å². The number of hydrogen-bond donors (Lipinski definition) is 1. The van der Waals surface area contributed by atoms with Crippen LogP contribution >= 0.6 is 0 Å². The smallest absolute Gasteiger partial charge is 0.124 e. The Morgan fingerprint density at radius 3 is 2.60 bits per heavy atom. The first-order chi connectivity index (χ1) is 7.33. The van der Waals surface area contributed by atoms with Crippen molar-refractivity contribution in [2.24, 2.45) is 5.92 Å². The summed E-state index contributed by atoms with van der Waals surface area (Å²) in [7, 11) is 1.65. The predicted octanol–water partition coefficient (Wildman–Crippen LogP) is 2.92. The van der Waals surface area contributed by atoms with Crippen LogP contribution < -0.4 is 4.74 Å². The lowest BCUT2D eigenvalue weighted by Gasteiger charge is -2.20. The van der Waals surface area contributed by atoms with Gasteiger partial charge in [0.25, 0.3) is 0 Å². The number of rotatable bonds is 3. The third-order valence-corrected chi connectivity index (χ3v) is 3.30. The molecule has 0 bridgehead atoms. The molecular weight excluding hydrogens is 188 g/mol. The summed E-state index contributed by atoms with van der Waals surface area (Å²) in [5.41, 5.74) is 0.937. The van der Waals surface area contributed by atoms with Crippen molar-refractivity contribution in [2.45, 2.75) is 31.8 Å². The Kier molecular flexibility index (Phi) is 3.27. The molecule has 1 saturated carbocycles. The molecule has 1 N–H and O–H groups in total. The summed E-state index contributed by atoms with van der Waals surface area (Å²) in [5.74, 6) is 1.22. The van der Waals surface area contributed by atoms with Crippen LogP contribution in [0.15, 0.2) is 24.3 Å². The van der Waals surface area contributed by atoms with Gasteiger partial charge in [-0.2, -0.15) is 0 Å². The number of ether oxygens (including phenoxy) is 1. The van der Waals surface area contributed by atoms with Crippen LogP contribution in [-0.2, 0) is 0 Å². The van der Waals surface area contributed by atoms with E-state index in [2.05, 4.69) is 0 Å². The van der Waals surface area contributed by atoms with Crippen molar-refractivity contribution in [2.75, 3.05) is 7.11 Å². The molecule has 0 radical (unpaired) electrons. The number of aliphatic hydroxyl groups is 1. The molecule has 15 heavy (non-hydrogen) atoms. The van der Waals surface area contributed by atoms with E-state index < -0.39 is 0 Å². The van der Waals surface area contributed by atoms with Gasteiger partial charge in [-0.15, -0.1) is 0 Å². The third-order valence-electron chi connectivity index (χ3n) is 3.30. The summed E-state index contributed by atoms with van der Waals surface area (Å²) in [6.45, 7) is 0. The fraction of sp³-hybridized carbons (Fsp3) is 0.538. The molecule has 0 spiro atoms. The van der Waals surface area contributed by atoms with Gasteiger partial charge in [0.2, 0.25) is 0 Å². The Bertz CT molecular complexity index is 316. The van der Waals surface area contributed by atoms with Crippen LogP contribution in [0.1, 0.15) is 37.4 Å². The van der Waals surface area contributed by atoms with Gasteiger partial charge in [0.05, 0.1) is 13.2 Å². The minimum absolute atomic E-state index is 0.358. The van der Waals surface area contributed by atoms with Crippen LogP contribution in [0.2, 0.25) is 0 Å². The summed E-state index contributed by atoms with van der Waals surface area (Å²) >= 11 is 0. The maximum absolute atomic E-state index is 10.3. The van der Waals surface area contributed by atoms with Crippen LogP contribution in [-0.4, -0.2) is 12.2 Å². The van der Waals surface area contributed by atoms with Crippen LogP contribution in [0.25, 0.3) is 0 Å². The molecule has 0 heterocycles. The molecule has 1 aliphatic rings. The second-order valence-electron chi connectivity index (χ2n) is 4.23. The highest BCUT2D eigenvalue weighted by atomic mass is 16.5. The lowest BCUT2D eigenvalue weighted by molar-refractivity contribution is 0.108. The largest absolute Gasteiger partial charge is 0.496 e. The zero-order valence-corrected chi connectivity index (χ0v) is 9.15. The average Bonchev–Trinajstić information content (AvgIpc) is 2.81. The highest BCUT2D eigenvalue weighted by Gasteiger charge is 2.26. The molecular formula is C13H18O2. The van der Waals surface area contributed by atoms with Gasteiger partial charge >= 0.3 is 0 Å². The van der Waals surface area contributed by atoms with Gasteiger partial charge in [-0.05, 0) is 24.8 Å². The first-order valence-electron chi connectivity index (χ1n) is 5.64. The van der Waals surface area contributed by atoms with Crippen LogP contribution in [0.3, 0.4) is 0 Å². The zero-order valence-electron chi connectivity index (χ0n) is 9.15. The van der Waals surface area contributed by atoms with Crippen molar-refractivity contribution in [1.29, 1.82) is 0 Å². The minimum atomic E-state index is -0.358. The molecule has 0 amide bonds. The summed E-state index contributed by atoms with van der Waals surface area (Å²) in [6.07, 6.45) is 4.41. The molecule has 82 valence electrons. The predicted molar refractivity (Wildman–Crippen MR) is 59.9 cm³/mol. The first kappa shape index (κ1) is 10.5. The van der Waals surface area contributed by atoms with Crippen molar-refractivity contribution in [1.82, 2.24) is 0 Å². The van der Waals surface area contributed by atoms with E-state index in [1.807, 2.05) is 24.3 Å². The van der Waals surface area contributed by atoms with Crippen molar-refractivity contribution in [3.63, 3.8) is 0 Å². The first-order valence-corrected chi connectivity index (χ1v) is 5.64. The van der Waals surface area contributed by atoms with Gasteiger partial charge < -0.3 is 9.84 Å². The average molecular weight is 206 g/mol. The fourth-order valence-corrected chi connectivity index (χ4v) is 2.44. The minimum Gasteiger partial charge on any atom is -0.496 e. The van der Waals surface area contributed by atoms with Crippen LogP contribution in [0, 0.1) is 5.92 Å². The maximum atomic E-state index is 10.3. The van der Waals surface area contributed by atoms with E-state index in [-0.39, 0.29) is 6.10 Å². The van der Waals surface area contributed by atoms with Crippen molar-refractivity contribution < 1.29 is 9.84 Å². The van der Waals surface area contributed by atoms with Gasteiger partial charge in [0.15, 0.2) is 0 Å². The SMILES string of the molecule is COc1ccccc1C(O)C1CCCC1. The van der Waals surface area contributed by atoms with Crippen LogP contribution in [0.4, 0.5) is 0 Å². The molecule has 0 aromatic heterocycles. The Morgan fingerprint density at radius 1 is 1.27 bits per heavy atom. The number of methoxy groups -OCH3 is 1. The molecule has 0 aliphatic heterocycles. The lowest BCUT2D eigenvalue weighted by Crippen LogP contribution is -2.10. The topological polar surface area (TPSA) is 29.5 Å². The Morgan fingerprint density at radius 2 is 1.93 bits per heavy atom. The number of hydrogen-bond acceptors (Lipinski definition) is 2. The fourth-order valence-electron chi connectivity index (χ4n) is 2.44. The highest BCUT2D eigenvalue weighted by Crippen LogP contribution is 2.38. The molecule has 1 aromatic rings. The normalized spacial score (nSPS) is 19.1. The summed E-state index contributed by atoms with van der Waals surface area (Å²) in [6, 6.07) is 7.76. The molecule has 1 fully saturated rings. The molecule has 2 nitrogen and oxygen atoms in total. The van der Waals surface area contributed by atoms with Crippen molar-refractivity contribution >= 4 is 0 Å². The molecule has 1 aromatic carbocycles. The van der Waals surface area contributed by atoms with E-state index in [1.165, 1.54) is 12.8 Å². The summed E-state index contributed by atoms with van der Waals surface area (Å²) in [4.78, 5) is 0. The maximum Gasteiger partial charge on any atom is 0.124 e. The van der Waals surface area contributed by atoms with E-state index in [0.29, 0.717) is 5.92 Å². The highest BCUT2D eigenvalue weighted by molar-refractivity contribution is 5.35. The Hall–Kier alpha value is -1.02. The molecule has 2 rings (SSSR count). The van der Waals surface area contributed by atoms with Gasteiger partial charge in [0, 0.05) is 5.56 Å². The molecule has 1 aliphatic carbocycles. The number of para-hydroxylation sites is 1. The Balaban J connectivity index is 2.19. The van der Waals surface area contributed by atoms with Gasteiger partial charge in [-0.3, -0.25) is 0 Å². The summed E-state index contributed by atoms with van der Waals surface area (Å²) in [5, 5.41) is 10.3. The van der Waals surface area contributed by atoms with Crippen molar-refractivity contribution in [3.8, 4) is 5.75 Å². The van der Waals surface area contributed by atoms with E-state index in [1.54, 1.807) is 7.11 Å². The van der Waals surface area contributed by atoms with Gasteiger partial charge in [-0.1, -0.05) is 31.0 Å². The quantitative estimate of drug-likeness (QED) is 0.824. The van der Waals surface area contributed by atoms with E-state index in [0.717, 1.165) is 24.2 Å². The summed E-state index contributed by atoms with van der Waals surface area (Å²) < 4.78 is 5.27. The molecule has 0 saturated heterocycles. The van der Waals surface area contributed by atoms with Crippen molar-refractivity contribution in [3.05, 3.63) is 29.8 Å².